The summed E-state index contributed by atoms with van der Waals surface area (Å²) in [7, 11) is 0. The number of carbonyl (C=O) groups is 3. The zero-order chi connectivity index (χ0) is 17.1. The van der Waals surface area contributed by atoms with Crippen molar-refractivity contribution in [2.75, 3.05) is 11.9 Å². The van der Waals surface area contributed by atoms with Crippen molar-refractivity contribution in [2.24, 2.45) is 11.7 Å². The van der Waals surface area contributed by atoms with Gasteiger partial charge in [-0.15, -0.1) is 11.3 Å². The van der Waals surface area contributed by atoms with Crippen LogP contribution in [0.25, 0.3) is 0 Å². The van der Waals surface area contributed by atoms with E-state index in [1.807, 2.05) is 12.2 Å². The first-order chi connectivity index (χ1) is 11.5. The SMILES string of the molecule is NC(=O)c1c(NC(=O)COC(=O)C[C@@H]2C=CCC2)sc2c1CCC2. The van der Waals surface area contributed by atoms with E-state index in [0.717, 1.165) is 42.5 Å². The summed E-state index contributed by atoms with van der Waals surface area (Å²) in [6.45, 7) is -0.351. The molecule has 1 atom stereocenters. The maximum atomic E-state index is 12.0. The number of nitrogens with two attached hydrogens (primary N) is 1. The Balaban J connectivity index is 1.54. The Bertz CT molecular complexity index is 708. The van der Waals surface area contributed by atoms with Gasteiger partial charge >= 0.3 is 5.97 Å². The maximum Gasteiger partial charge on any atom is 0.306 e. The Morgan fingerprint density at radius 1 is 1.33 bits per heavy atom. The van der Waals surface area contributed by atoms with Gasteiger partial charge in [0, 0.05) is 4.88 Å². The quantitative estimate of drug-likeness (QED) is 0.608. The highest BCUT2D eigenvalue weighted by atomic mass is 32.1. The van der Waals surface area contributed by atoms with Crippen molar-refractivity contribution in [1.29, 1.82) is 0 Å². The number of nitrogens with one attached hydrogen (secondary N) is 1. The van der Waals surface area contributed by atoms with Gasteiger partial charge in [-0.2, -0.15) is 0 Å². The lowest BCUT2D eigenvalue weighted by molar-refractivity contribution is -0.147. The third-order valence-corrected chi connectivity index (χ3v) is 5.53. The number of hydrogen-bond donors (Lipinski definition) is 2. The van der Waals surface area contributed by atoms with Gasteiger partial charge in [-0.3, -0.25) is 14.4 Å². The summed E-state index contributed by atoms with van der Waals surface area (Å²) in [6, 6.07) is 0. The molecule has 6 nitrogen and oxygen atoms in total. The number of ether oxygens (including phenoxy) is 1. The van der Waals surface area contributed by atoms with E-state index in [1.165, 1.54) is 11.3 Å². The highest BCUT2D eigenvalue weighted by molar-refractivity contribution is 7.17. The molecule has 0 saturated heterocycles. The molecule has 0 aromatic carbocycles. The van der Waals surface area contributed by atoms with Gasteiger partial charge in [0.05, 0.1) is 12.0 Å². The van der Waals surface area contributed by atoms with E-state index < -0.39 is 11.8 Å². The molecule has 1 aromatic heterocycles. The molecular formula is C17H20N2O4S. The van der Waals surface area contributed by atoms with Crippen LogP contribution in [0.1, 0.15) is 46.5 Å². The molecular weight excluding hydrogens is 328 g/mol. The van der Waals surface area contributed by atoms with E-state index in [4.69, 9.17) is 10.5 Å². The Hall–Kier alpha value is -2.15. The van der Waals surface area contributed by atoms with Crippen molar-refractivity contribution in [3.8, 4) is 0 Å². The average molecular weight is 348 g/mol. The van der Waals surface area contributed by atoms with Crippen molar-refractivity contribution in [3.63, 3.8) is 0 Å². The fourth-order valence-corrected chi connectivity index (χ4v) is 4.51. The summed E-state index contributed by atoms with van der Waals surface area (Å²) in [6.07, 6.45) is 9.00. The molecule has 3 N–H and O–H groups in total. The standard InChI is InChI=1S/C17H20N2O4S/c18-16(22)15-11-6-3-7-12(11)24-17(15)19-13(20)9-23-14(21)8-10-4-1-2-5-10/h1,4,10H,2-3,5-9H2,(H2,18,22)(H,19,20)/t10-/m1/s1. The molecule has 2 aliphatic carbocycles. The predicted octanol–water partition coefficient (Wildman–Crippen LogP) is 2.17. The van der Waals surface area contributed by atoms with E-state index in [-0.39, 0.29) is 18.5 Å². The fraction of sp³-hybridized carbons (Fsp3) is 0.471. The molecule has 2 aliphatic rings. The molecule has 0 radical (unpaired) electrons. The molecule has 0 spiro atoms. The van der Waals surface area contributed by atoms with Crippen LogP contribution in [0, 0.1) is 5.92 Å². The van der Waals surface area contributed by atoms with Crippen LogP contribution < -0.4 is 11.1 Å². The molecule has 0 unspecified atom stereocenters. The normalized spacial score (nSPS) is 18.4. The van der Waals surface area contributed by atoms with Crippen LogP contribution in [0.4, 0.5) is 5.00 Å². The van der Waals surface area contributed by atoms with Crippen LogP contribution in [0.3, 0.4) is 0 Å². The van der Waals surface area contributed by atoms with Crippen LogP contribution >= 0.6 is 11.3 Å². The Labute approximate surface area is 144 Å². The van der Waals surface area contributed by atoms with Gasteiger partial charge in [-0.1, -0.05) is 12.2 Å². The number of anilines is 1. The van der Waals surface area contributed by atoms with Crippen LogP contribution in [0.2, 0.25) is 0 Å². The largest absolute Gasteiger partial charge is 0.456 e. The summed E-state index contributed by atoms with van der Waals surface area (Å²) in [5.74, 6) is -1.16. The number of carbonyl (C=O) groups excluding carboxylic acids is 3. The molecule has 3 rings (SSSR count). The smallest absolute Gasteiger partial charge is 0.306 e. The Morgan fingerprint density at radius 3 is 2.88 bits per heavy atom. The second-order valence-corrected chi connectivity index (χ2v) is 7.21. The van der Waals surface area contributed by atoms with Crippen molar-refractivity contribution in [1.82, 2.24) is 0 Å². The third kappa shape index (κ3) is 3.67. The first kappa shape index (κ1) is 16.7. The maximum absolute atomic E-state index is 12.0. The lowest BCUT2D eigenvalue weighted by atomic mass is 10.1. The molecule has 1 heterocycles. The Morgan fingerprint density at radius 2 is 2.17 bits per heavy atom. The minimum absolute atomic E-state index is 0.210. The number of allylic oxidation sites excluding steroid dienone is 2. The Kier molecular flexibility index (Phi) is 4.99. The zero-order valence-electron chi connectivity index (χ0n) is 13.3. The second-order valence-electron chi connectivity index (χ2n) is 6.10. The number of aryl methyl sites for hydroxylation is 1. The van der Waals surface area contributed by atoms with E-state index in [2.05, 4.69) is 5.32 Å². The molecule has 0 bridgehead atoms. The number of primary amides is 1. The lowest BCUT2D eigenvalue weighted by Crippen LogP contribution is -2.23. The number of fused-ring (bicyclic) bond motifs is 1. The summed E-state index contributed by atoms with van der Waals surface area (Å²) in [5.41, 5.74) is 6.80. The highest BCUT2D eigenvalue weighted by Gasteiger charge is 2.26. The van der Waals surface area contributed by atoms with Gasteiger partial charge in [0.2, 0.25) is 0 Å². The number of amides is 2. The van der Waals surface area contributed by atoms with Crippen molar-refractivity contribution in [2.45, 2.75) is 38.5 Å². The number of hydrogen-bond acceptors (Lipinski definition) is 5. The van der Waals surface area contributed by atoms with Crippen molar-refractivity contribution in [3.05, 3.63) is 28.2 Å². The number of thiophene rings is 1. The molecule has 0 aliphatic heterocycles. The second kappa shape index (κ2) is 7.17. The van der Waals surface area contributed by atoms with Gasteiger partial charge in [0.25, 0.3) is 11.8 Å². The summed E-state index contributed by atoms with van der Waals surface area (Å²) in [4.78, 5) is 36.5. The fourth-order valence-electron chi connectivity index (χ4n) is 3.20. The number of rotatable bonds is 6. The van der Waals surface area contributed by atoms with Gasteiger partial charge in [-0.05, 0) is 43.6 Å². The molecule has 24 heavy (non-hydrogen) atoms. The highest BCUT2D eigenvalue weighted by Crippen LogP contribution is 2.38. The topological polar surface area (TPSA) is 98.5 Å². The third-order valence-electron chi connectivity index (χ3n) is 4.33. The van der Waals surface area contributed by atoms with Gasteiger partial charge in [-0.25, -0.2) is 0 Å². The van der Waals surface area contributed by atoms with Crippen molar-refractivity contribution < 1.29 is 19.1 Å². The molecule has 128 valence electrons. The van der Waals surface area contributed by atoms with Crippen LogP contribution in [0.5, 0.6) is 0 Å². The predicted molar refractivity (Wildman–Crippen MR) is 90.9 cm³/mol. The van der Waals surface area contributed by atoms with E-state index in [1.54, 1.807) is 0 Å². The minimum atomic E-state index is -0.533. The first-order valence-electron chi connectivity index (χ1n) is 8.11. The van der Waals surface area contributed by atoms with Gasteiger partial charge in [0.15, 0.2) is 6.61 Å². The van der Waals surface area contributed by atoms with E-state index in [9.17, 15) is 14.4 Å². The zero-order valence-corrected chi connectivity index (χ0v) is 14.1. The van der Waals surface area contributed by atoms with Crippen LogP contribution in [-0.4, -0.2) is 24.4 Å². The van der Waals surface area contributed by atoms with Crippen LogP contribution in [0.15, 0.2) is 12.2 Å². The van der Waals surface area contributed by atoms with E-state index in [0.29, 0.717) is 17.0 Å². The summed E-state index contributed by atoms with van der Waals surface area (Å²) >= 11 is 1.38. The summed E-state index contributed by atoms with van der Waals surface area (Å²) in [5, 5.41) is 3.12. The van der Waals surface area contributed by atoms with Gasteiger partial charge in [0.1, 0.15) is 5.00 Å². The summed E-state index contributed by atoms with van der Waals surface area (Å²) < 4.78 is 5.02. The molecule has 7 heteroatoms. The monoisotopic (exact) mass is 348 g/mol. The van der Waals surface area contributed by atoms with E-state index >= 15 is 0 Å². The average Bonchev–Trinajstić information content (AvgIpc) is 3.21. The molecule has 0 saturated carbocycles. The molecule has 2 amide bonds. The van der Waals surface area contributed by atoms with Crippen molar-refractivity contribution >= 4 is 34.1 Å². The minimum Gasteiger partial charge on any atom is -0.456 e. The van der Waals surface area contributed by atoms with Gasteiger partial charge < -0.3 is 15.8 Å². The number of esters is 1. The lowest BCUT2D eigenvalue weighted by Gasteiger charge is -2.09. The molecule has 0 fully saturated rings. The van der Waals surface area contributed by atoms with Crippen LogP contribution in [-0.2, 0) is 27.2 Å². The molecule has 1 aromatic rings. The first-order valence-corrected chi connectivity index (χ1v) is 8.92.